The molecule has 6 atom stereocenters. The van der Waals surface area contributed by atoms with Crippen LogP contribution >= 0.6 is 0 Å². The highest BCUT2D eigenvalue weighted by Crippen LogP contribution is 2.49. The van der Waals surface area contributed by atoms with Crippen LogP contribution < -0.4 is 19.3 Å². The number of ether oxygens (including phenoxy) is 3. The zero-order valence-corrected chi connectivity index (χ0v) is 60.3. The number of hydrogen-bond acceptors (Lipinski definition) is 16. The molecule has 97 heavy (non-hydrogen) atoms. The maximum absolute atomic E-state index is 14.6. The van der Waals surface area contributed by atoms with Crippen LogP contribution in [0.2, 0.25) is 0 Å². The highest BCUT2D eigenvalue weighted by molar-refractivity contribution is 6.30. The number of methoxy groups -OCH3 is 2. The topological polar surface area (TPSA) is 203 Å². The fourth-order valence-electron chi connectivity index (χ4n) is 17.4. The minimum absolute atomic E-state index is 0.0178. The molecule has 0 N–H and O–H groups in total. The number of nitrogens with zero attached hydrogens (tertiary/aromatic N) is 12. The second kappa shape index (κ2) is 27.1. The molecule has 0 bridgehead atoms. The third-order valence-corrected chi connectivity index (χ3v) is 21.9. The number of aryl methyl sites for hydroxylation is 4. The van der Waals surface area contributed by atoms with Crippen molar-refractivity contribution in [1.29, 1.82) is 10.5 Å². The lowest BCUT2D eigenvalue weighted by Gasteiger charge is -2.48. The van der Waals surface area contributed by atoms with Gasteiger partial charge in [0.2, 0.25) is 0 Å². The number of nitriles is 2. The number of fused-ring (bicyclic) bond motifs is 4. The minimum Gasteiger partial charge on any atom is -0.496 e. The van der Waals surface area contributed by atoms with E-state index in [1.54, 1.807) is 23.6 Å². The molecule has 4 aliphatic heterocycles. The fraction of sp³-hybridized carbons (Fsp3) is 0.532. The summed E-state index contributed by atoms with van der Waals surface area (Å²) in [5.74, 6) is 5.90. The Balaban J connectivity index is 0.788. The van der Waals surface area contributed by atoms with Crippen molar-refractivity contribution in [2.24, 2.45) is 45.5 Å². The van der Waals surface area contributed by atoms with Gasteiger partial charge in [-0.2, -0.15) is 19.9 Å². The average Bonchev–Trinajstić information content (AvgIpc) is 1.69. The molecule has 0 saturated heterocycles. The third kappa shape index (κ3) is 13.1. The summed E-state index contributed by atoms with van der Waals surface area (Å²) in [6.07, 6.45) is 8.65. The Labute approximate surface area is 573 Å². The Morgan fingerprint density at radius 1 is 0.577 bits per heavy atom. The molecule has 4 aromatic carbocycles. The van der Waals surface area contributed by atoms with Gasteiger partial charge in [0.15, 0.2) is 35.0 Å². The molecular formula is C79H98N12O6. The molecule has 0 amide bonds. The summed E-state index contributed by atoms with van der Waals surface area (Å²) in [5, 5.41) is 32.0. The molecule has 2 aromatic heterocycles. The van der Waals surface area contributed by atoms with Gasteiger partial charge in [-0.25, -0.2) is 34.5 Å². The lowest BCUT2D eigenvalue weighted by Crippen LogP contribution is -2.49. The van der Waals surface area contributed by atoms with E-state index in [4.69, 9.17) is 54.1 Å². The third-order valence-electron chi connectivity index (χ3n) is 21.9. The van der Waals surface area contributed by atoms with Crippen molar-refractivity contribution < 1.29 is 28.8 Å². The summed E-state index contributed by atoms with van der Waals surface area (Å²) in [7, 11) is 3.31. The van der Waals surface area contributed by atoms with E-state index in [-0.39, 0.29) is 76.4 Å². The summed E-state index contributed by atoms with van der Waals surface area (Å²) in [4.78, 5) is 52.8. The molecule has 18 heteroatoms. The molecule has 2 fully saturated rings. The van der Waals surface area contributed by atoms with E-state index < -0.39 is 5.97 Å². The first-order valence-electron chi connectivity index (χ1n) is 35.3. The van der Waals surface area contributed by atoms with Crippen molar-refractivity contribution >= 4 is 51.5 Å². The number of aliphatic imine (C=N–C) groups is 2. The molecule has 2 saturated carbocycles. The van der Waals surface area contributed by atoms with Crippen LogP contribution in [0.5, 0.6) is 11.5 Å². The summed E-state index contributed by atoms with van der Waals surface area (Å²) < 4.78 is 20.8. The molecule has 12 rings (SSSR count). The van der Waals surface area contributed by atoms with Gasteiger partial charge in [0.25, 0.3) is 0 Å². The van der Waals surface area contributed by atoms with Gasteiger partial charge in [0.05, 0.1) is 31.7 Å². The highest BCUT2D eigenvalue weighted by Gasteiger charge is 2.44. The van der Waals surface area contributed by atoms with Crippen LogP contribution in [0, 0.1) is 85.9 Å². The van der Waals surface area contributed by atoms with Crippen LogP contribution in [0.1, 0.15) is 198 Å². The zero-order valence-electron chi connectivity index (χ0n) is 60.3. The van der Waals surface area contributed by atoms with Gasteiger partial charge in [0, 0.05) is 52.2 Å². The summed E-state index contributed by atoms with van der Waals surface area (Å²) in [5.41, 5.74) is 12.7. The van der Waals surface area contributed by atoms with Crippen molar-refractivity contribution in [2.45, 2.75) is 204 Å². The Kier molecular flexibility index (Phi) is 19.1. The molecule has 6 aliphatic rings. The van der Waals surface area contributed by atoms with E-state index in [1.165, 1.54) is 22.5 Å². The van der Waals surface area contributed by atoms with E-state index in [1.807, 2.05) is 50.2 Å². The number of anilines is 2. The van der Waals surface area contributed by atoms with Crippen LogP contribution in [0.15, 0.2) is 81.8 Å². The van der Waals surface area contributed by atoms with Gasteiger partial charge in [-0.05, 0) is 255 Å². The number of carbonyl (C=O) groups is 1. The maximum atomic E-state index is 14.6. The van der Waals surface area contributed by atoms with Gasteiger partial charge in [-0.1, -0.05) is 55.4 Å². The van der Waals surface area contributed by atoms with Crippen molar-refractivity contribution in [1.82, 2.24) is 29.5 Å². The number of benzene rings is 4. The van der Waals surface area contributed by atoms with Crippen LogP contribution in [-0.4, -0.2) is 104 Å². The number of carbonyl (C=O) groups excluding carboxylic acids is 1. The Morgan fingerprint density at radius 2 is 1.02 bits per heavy atom. The predicted molar refractivity (Wildman–Crippen MR) is 383 cm³/mol. The van der Waals surface area contributed by atoms with Crippen molar-refractivity contribution in [3.8, 4) is 46.4 Å². The SMILES string of the molecule is COc1ccc(-c2nc3n(n2)C(=Nc2cc4c(cc2C)N(CCCCCN2c5cc(C)c(N=C6C(C#N)=C(C(=O)OC7C(C)CC(C)CC7C)c7nc(-c8ccc(OC)c(C)c8)nn76)cc5C(C)CC2(C)C)C(C)(C)CC4C)C(C#N)=C3COOC2C(C)CC(C)CC2C)cc1C. The smallest absolute Gasteiger partial charge is 0.343 e. The van der Waals surface area contributed by atoms with Crippen LogP contribution in [0.4, 0.5) is 22.7 Å². The standard InChI is InChI=1S/C79H98N12O6/c1-43-28-49(7)69(50(8)29-43)96-77(92)68-60(41-81)74(91-76(68)85-72(87-91)56-23-25-67(94-18)48(6)33-56)83-63-37-58-54(12)39-79(15,16)89(65(58)35-46(63)4)27-21-19-20-26-88-64-34-45(3)62(36-57(64)53(11)38-78(88,13)14)82-73-59(40-80)61(42-95-97-70-51(9)30-44(2)31-52(70)10)75-84-71(86-90(73)75)55-22-24-66(93-17)47(5)32-55/h22-25,32-37,43-44,49-54,69-70H,19-21,26-31,38-39,42H2,1-18H3. The second-order valence-electron chi connectivity index (χ2n) is 30.8. The lowest BCUT2D eigenvalue weighted by atomic mass is 9.75. The monoisotopic (exact) mass is 1310 g/mol. The van der Waals surface area contributed by atoms with Gasteiger partial charge in [-0.3, -0.25) is 0 Å². The fourth-order valence-corrected chi connectivity index (χ4v) is 17.4. The Bertz CT molecular complexity index is 4260. The number of aromatic nitrogens is 6. The first-order valence-corrected chi connectivity index (χ1v) is 35.3. The number of esters is 1. The molecule has 18 nitrogen and oxygen atoms in total. The van der Waals surface area contributed by atoms with E-state index in [9.17, 15) is 15.3 Å². The van der Waals surface area contributed by atoms with Crippen LogP contribution in [0.3, 0.4) is 0 Å². The first kappa shape index (κ1) is 68.5. The molecule has 0 spiro atoms. The van der Waals surface area contributed by atoms with Crippen molar-refractivity contribution in [3.63, 3.8) is 0 Å². The van der Waals surface area contributed by atoms with E-state index in [2.05, 4.69) is 143 Å². The van der Waals surface area contributed by atoms with E-state index in [0.29, 0.717) is 63.8 Å². The van der Waals surface area contributed by atoms with Crippen LogP contribution in [-0.2, 0) is 19.3 Å². The van der Waals surface area contributed by atoms with Gasteiger partial charge in [0.1, 0.15) is 53.1 Å². The number of unbranched alkanes of at least 4 members (excludes halogenated alkanes) is 2. The van der Waals surface area contributed by atoms with Gasteiger partial charge < -0.3 is 24.0 Å². The molecule has 2 aliphatic carbocycles. The molecule has 6 heterocycles. The summed E-state index contributed by atoms with van der Waals surface area (Å²) in [6, 6.07) is 25.5. The number of rotatable bonds is 18. The molecular weight excluding hydrogens is 1210 g/mol. The van der Waals surface area contributed by atoms with Crippen molar-refractivity contribution in [3.05, 3.63) is 117 Å². The van der Waals surface area contributed by atoms with Crippen molar-refractivity contribution in [2.75, 3.05) is 43.7 Å². The number of allylic oxidation sites excluding steroid dienone is 2. The largest absolute Gasteiger partial charge is 0.496 e. The minimum atomic E-state index is -0.580. The summed E-state index contributed by atoms with van der Waals surface area (Å²) in [6.45, 7) is 37.3. The van der Waals surface area contributed by atoms with Gasteiger partial charge >= 0.3 is 5.97 Å². The lowest BCUT2D eigenvalue weighted by molar-refractivity contribution is -0.338. The Hall–Kier alpha value is -8.45. The van der Waals surface area contributed by atoms with E-state index >= 15 is 0 Å². The first-order chi connectivity index (χ1) is 46.2. The summed E-state index contributed by atoms with van der Waals surface area (Å²) >= 11 is 0. The maximum Gasteiger partial charge on any atom is 0.343 e. The second-order valence-corrected chi connectivity index (χ2v) is 30.8. The molecule has 6 unspecified atom stereocenters. The van der Waals surface area contributed by atoms with Crippen LogP contribution in [0.25, 0.3) is 33.9 Å². The molecule has 0 radical (unpaired) electrons. The molecule has 6 aromatic rings. The molecule has 510 valence electrons. The number of hydrogen-bond donors (Lipinski definition) is 0. The Morgan fingerprint density at radius 3 is 1.47 bits per heavy atom. The van der Waals surface area contributed by atoms with Gasteiger partial charge in [-0.15, -0.1) is 10.2 Å². The average molecular weight is 1310 g/mol. The van der Waals surface area contributed by atoms with E-state index in [0.717, 1.165) is 121 Å². The zero-order chi connectivity index (χ0) is 69.3. The highest BCUT2D eigenvalue weighted by atomic mass is 17.2. The quantitative estimate of drug-likeness (QED) is 0.0340. The normalized spacial score (nSPS) is 25.6. The predicted octanol–water partition coefficient (Wildman–Crippen LogP) is 16.9.